The number of aryl methyl sites for hydroxylation is 1. The fraction of sp³-hybridized carbons (Fsp3) is 0.188. The lowest BCUT2D eigenvalue weighted by Crippen LogP contribution is -2.13. The molecule has 0 saturated heterocycles. The second kappa shape index (κ2) is 5.95. The number of amides is 1. The van der Waals surface area contributed by atoms with Crippen molar-refractivity contribution in [3.63, 3.8) is 0 Å². The van der Waals surface area contributed by atoms with E-state index in [-0.39, 0.29) is 12.5 Å². The first-order chi connectivity index (χ1) is 10.7. The number of aliphatic hydroxyl groups excluding tert-OH is 1. The van der Waals surface area contributed by atoms with E-state index in [2.05, 4.69) is 15.4 Å². The van der Waals surface area contributed by atoms with E-state index in [1.54, 1.807) is 29.9 Å². The maximum Gasteiger partial charge on any atom is 0.261 e. The van der Waals surface area contributed by atoms with Crippen molar-refractivity contribution >= 4 is 17.2 Å². The summed E-state index contributed by atoms with van der Waals surface area (Å²) < 4.78 is 1.59. The van der Waals surface area contributed by atoms with Crippen LogP contribution in [0.1, 0.15) is 21.6 Å². The number of anilines is 1. The van der Waals surface area contributed by atoms with E-state index in [0.717, 1.165) is 5.56 Å². The Labute approximate surface area is 127 Å². The summed E-state index contributed by atoms with van der Waals surface area (Å²) >= 11 is 0. The molecule has 0 unspecified atom stereocenters. The number of aliphatic hydroxyl groups is 1. The highest BCUT2D eigenvalue weighted by molar-refractivity contribution is 6.09. The third-order valence-electron chi connectivity index (χ3n) is 3.41. The number of hydrogen-bond acceptors (Lipinski definition) is 4. The molecular formula is C16H16N4O2. The molecule has 0 atom stereocenters. The van der Waals surface area contributed by atoms with Gasteiger partial charge in [-0.05, 0) is 37.1 Å². The maximum atomic E-state index is 12.5. The zero-order valence-corrected chi connectivity index (χ0v) is 12.2. The van der Waals surface area contributed by atoms with Crippen molar-refractivity contribution < 1.29 is 9.90 Å². The van der Waals surface area contributed by atoms with E-state index >= 15 is 0 Å². The molecular weight excluding hydrogens is 280 g/mol. The molecule has 1 aromatic carbocycles. The van der Waals surface area contributed by atoms with Crippen molar-refractivity contribution in [3.05, 3.63) is 59.5 Å². The van der Waals surface area contributed by atoms with Crippen molar-refractivity contribution in [1.29, 1.82) is 0 Å². The quantitative estimate of drug-likeness (QED) is 0.769. The highest BCUT2D eigenvalue weighted by Gasteiger charge is 2.18. The Bertz CT molecular complexity index is 809. The van der Waals surface area contributed by atoms with E-state index in [4.69, 9.17) is 5.11 Å². The summed E-state index contributed by atoms with van der Waals surface area (Å²) in [6.07, 6.45) is 4.00. The van der Waals surface area contributed by atoms with Crippen LogP contribution in [-0.2, 0) is 6.42 Å². The number of nitrogens with one attached hydrogen (secondary N) is 1. The molecule has 0 radical (unpaired) electrons. The summed E-state index contributed by atoms with van der Waals surface area (Å²) in [5, 5.41) is 16.0. The van der Waals surface area contributed by atoms with Crippen LogP contribution < -0.4 is 5.32 Å². The summed E-state index contributed by atoms with van der Waals surface area (Å²) in [5.41, 5.74) is 3.36. The molecule has 1 amide bonds. The molecule has 0 spiro atoms. The van der Waals surface area contributed by atoms with Crippen LogP contribution >= 0.6 is 0 Å². The number of nitrogens with zero attached hydrogens (tertiary/aromatic N) is 3. The van der Waals surface area contributed by atoms with E-state index in [1.807, 2.05) is 24.3 Å². The number of carbonyl (C=O) groups is 1. The lowest BCUT2D eigenvalue weighted by atomic mass is 10.1. The first kappa shape index (κ1) is 14.2. The minimum absolute atomic E-state index is 0.110. The first-order valence-electron chi connectivity index (χ1n) is 7.00. The molecule has 0 fully saturated rings. The maximum absolute atomic E-state index is 12.5. The van der Waals surface area contributed by atoms with Crippen LogP contribution in [0.15, 0.2) is 42.7 Å². The summed E-state index contributed by atoms with van der Waals surface area (Å²) in [7, 11) is 0. The third-order valence-corrected chi connectivity index (χ3v) is 3.41. The molecule has 0 bridgehead atoms. The summed E-state index contributed by atoms with van der Waals surface area (Å²) in [4.78, 5) is 16.7. The predicted molar refractivity (Wildman–Crippen MR) is 82.9 cm³/mol. The SMILES string of the molecule is Cc1nn2cccnc2c1C(=O)Nc1ccc(CCO)cc1. The van der Waals surface area contributed by atoms with Gasteiger partial charge in [0.1, 0.15) is 5.56 Å². The Kier molecular flexibility index (Phi) is 3.84. The van der Waals surface area contributed by atoms with Crippen LogP contribution in [-0.4, -0.2) is 32.2 Å². The average Bonchev–Trinajstić information content (AvgIpc) is 2.85. The molecule has 112 valence electrons. The second-order valence-electron chi connectivity index (χ2n) is 4.97. The van der Waals surface area contributed by atoms with Gasteiger partial charge in [0.05, 0.1) is 5.69 Å². The van der Waals surface area contributed by atoms with Gasteiger partial charge in [-0.3, -0.25) is 4.79 Å². The van der Waals surface area contributed by atoms with Crippen molar-refractivity contribution in [2.24, 2.45) is 0 Å². The number of benzene rings is 1. The molecule has 2 aromatic heterocycles. The molecule has 0 aliphatic rings. The second-order valence-corrected chi connectivity index (χ2v) is 4.97. The Morgan fingerprint density at radius 3 is 2.82 bits per heavy atom. The van der Waals surface area contributed by atoms with Gasteiger partial charge in [0.15, 0.2) is 5.65 Å². The zero-order chi connectivity index (χ0) is 15.5. The summed E-state index contributed by atoms with van der Waals surface area (Å²) in [5.74, 6) is -0.235. The van der Waals surface area contributed by atoms with Gasteiger partial charge in [0.25, 0.3) is 5.91 Å². The van der Waals surface area contributed by atoms with Crippen molar-refractivity contribution in [2.45, 2.75) is 13.3 Å². The summed E-state index contributed by atoms with van der Waals surface area (Å²) in [6.45, 7) is 1.90. The van der Waals surface area contributed by atoms with Crippen LogP contribution in [0.4, 0.5) is 5.69 Å². The van der Waals surface area contributed by atoms with Crippen molar-refractivity contribution in [3.8, 4) is 0 Å². The van der Waals surface area contributed by atoms with Crippen LogP contribution in [0.25, 0.3) is 5.65 Å². The molecule has 6 nitrogen and oxygen atoms in total. The molecule has 3 rings (SSSR count). The number of hydrogen-bond donors (Lipinski definition) is 2. The molecule has 0 aliphatic carbocycles. The molecule has 0 aliphatic heterocycles. The van der Waals surface area contributed by atoms with Crippen LogP contribution in [0, 0.1) is 6.92 Å². The molecule has 2 heterocycles. The standard InChI is InChI=1S/C16H16N4O2/c1-11-14(15-17-8-2-9-20(15)19-11)16(22)18-13-5-3-12(4-6-13)7-10-21/h2-6,8-9,21H,7,10H2,1H3,(H,18,22). The van der Waals surface area contributed by atoms with Crippen molar-refractivity contribution in [2.75, 3.05) is 11.9 Å². The number of carbonyl (C=O) groups excluding carboxylic acids is 1. The lowest BCUT2D eigenvalue weighted by molar-refractivity contribution is 0.102. The van der Waals surface area contributed by atoms with Gasteiger partial charge in [0, 0.05) is 24.7 Å². The van der Waals surface area contributed by atoms with Gasteiger partial charge in [-0.1, -0.05) is 12.1 Å². The van der Waals surface area contributed by atoms with E-state index in [9.17, 15) is 4.79 Å². The van der Waals surface area contributed by atoms with Gasteiger partial charge < -0.3 is 10.4 Å². The lowest BCUT2D eigenvalue weighted by Gasteiger charge is -2.06. The Hall–Kier alpha value is -2.73. The topological polar surface area (TPSA) is 79.5 Å². The molecule has 3 aromatic rings. The van der Waals surface area contributed by atoms with Gasteiger partial charge >= 0.3 is 0 Å². The highest BCUT2D eigenvalue weighted by Crippen LogP contribution is 2.16. The van der Waals surface area contributed by atoms with Gasteiger partial charge in [0.2, 0.25) is 0 Å². The minimum Gasteiger partial charge on any atom is -0.396 e. The van der Waals surface area contributed by atoms with Gasteiger partial charge in [-0.15, -0.1) is 0 Å². The number of fused-ring (bicyclic) bond motifs is 1. The third kappa shape index (κ3) is 2.68. The molecule has 2 N–H and O–H groups in total. The fourth-order valence-electron chi connectivity index (χ4n) is 2.34. The monoisotopic (exact) mass is 296 g/mol. The molecule has 0 saturated carbocycles. The number of rotatable bonds is 4. The summed E-state index contributed by atoms with van der Waals surface area (Å²) in [6, 6.07) is 9.16. The largest absolute Gasteiger partial charge is 0.396 e. The van der Waals surface area contributed by atoms with E-state index < -0.39 is 0 Å². The minimum atomic E-state index is -0.235. The average molecular weight is 296 g/mol. The van der Waals surface area contributed by atoms with Crippen molar-refractivity contribution in [1.82, 2.24) is 14.6 Å². The zero-order valence-electron chi connectivity index (χ0n) is 12.2. The smallest absolute Gasteiger partial charge is 0.261 e. The van der Waals surface area contributed by atoms with Crippen LogP contribution in [0.2, 0.25) is 0 Å². The Morgan fingerprint density at radius 2 is 2.09 bits per heavy atom. The van der Waals surface area contributed by atoms with Crippen LogP contribution in [0.5, 0.6) is 0 Å². The number of aromatic nitrogens is 3. The fourth-order valence-corrected chi connectivity index (χ4v) is 2.34. The van der Waals surface area contributed by atoms with Crippen LogP contribution in [0.3, 0.4) is 0 Å². The van der Waals surface area contributed by atoms with Gasteiger partial charge in [-0.25, -0.2) is 9.50 Å². The first-order valence-corrected chi connectivity index (χ1v) is 7.00. The predicted octanol–water partition coefficient (Wildman–Crippen LogP) is 1.82. The van der Waals surface area contributed by atoms with E-state index in [0.29, 0.717) is 29.0 Å². The Balaban J connectivity index is 1.85. The van der Waals surface area contributed by atoms with E-state index in [1.165, 1.54) is 0 Å². The molecule has 6 heteroatoms. The molecule has 22 heavy (non-hydrogen) atoms. The normalized spacial score (nSPS) is 10.8. The Morgan fingerprint density at radius 1 is 1.32 bits per heavy atom. The van der Waals surface area contributed by atoms with Gasteiger partial charge in [-0.2, -0.15) is 5.10 Å². The highest BCUT2D eigenvalue weighted by atomic mass is 16.3.